The summed E-state index contributed by atoms with van der Waals surface area (Å²) in [6.45, 7) is 6.68. The van der Waals surface area contributed by atoms with Gasteiger partial charge in [0.2, 0.25) is 0 Å². The molecular weight excluding hydrogens is 484 g/mol. The van der Waals surface area contributed by atoms with Crippen molar-refractivity contribution in [2.24, 2.45) is 5.92 Å². The van der Waals surface area contributed by atoms with Crippen LogP contribution in [0, 0.1) is 5.92 Å². The number of benzene rings is 2. The van der Waals surface area contributed by atoms with Crippen LogP contribution in [0.4, 0.5) is 5.69 Å². The Bertz CT molecular complexity index is 1330. The molecule has 8 nitrogen and oxygen atoms in total. The van der Waals surface area contributed by atoms with E-state index in [0.29, 0.717) is 47.3 Å². The number of anilines is 1. The van der Waals surface area contributed by atoms with Crippen LogP contribution in [0.3, 0.4) is 0 Å². The minimum Gasteiger partial charge on any atom is -0.507 e. The first-order valence-corrected chi connectivity index (χ1v) is 12.5. The van der Waals surface area contributed by atoms with Gasteiger partial charge in [-0.2, -0.15) is 0 Å². The van der Waals surface area contributed by atoms with Crippen molar-refractivity contribution in [3.05, 3.63) is 95.3 Å². The molecule has 1 aliphatic rings. The van der Waals surface area contributed by atoms with E-state index in [1.54, 1.807) is 80.0 Å². The lowest BCUT2D eigenvalue weighted by Crippen LogP contribution is -2.29. The molecule has 2 heterocycles. The van der Waals surface area contributed by atoms with Gasteiger partial charge in [0.25, 0.3) is 11.7 Å². The number of hydrogen-bond acceptors (Lipinski definition) is 7. The van der Waals surface area contributed by atoms with Crippen molar-refractivity contribution >= 4 is 29.1 Å². The summed E-state index contributed by atoms with van der Waals surface area (Å²) in [4.78, 5) is 44.0. The zero-order valence-electron chi connectivity index (χ0n) is 21.6. The second kappa shape index (κ2) is 11.7. The second-order valence-corrected chi connectivity index (χ2v) is 9.33. The van der Waals surface area contributed by atoms with Crippen LogP contribution in [0.25, 0.3) is 5.76 Å². The molecule has 0 aliphatic carbocycles. The fraction of sp³-hybridized carbons (Fsp3) is 0.267. The number of carbonyl (C=O) groups excluding carboxylic acids is 3. The second-order valence-electron chi connectivity index (χ2n) is 9.33. The zero-order valence-corrected chi connectivity index (χ0v) is 21.6. The Morgan fingerprint density at radius 1 is 1.05 bits per heavy atom. The third kappa shape index (κ3) is 5.75. The van der Waals surface area contributed by atoms with Crippen molar-refractivity contribution in [1.82, 2.24) is 4.98 Å². The Labute approximate surface area is 221 Å². The molecule has 0 bridgehead atoms. The van der Waals surface area contributed by atoms with Gasteiger partial charge in [0, 0.05) is 23.6 Å². The van der Waals surface area contributed by atoms with Gasteiger partial charge in [-0.3, -0.25) is 24.3 Å². The minimum atomic E-state index is -0.892. The topological polar surface area (TPSA) is 106 Å². The van der Waals surface area contributed by atoms with E-state index in [4.69, 9.17) is 9.47 Å². The monoisotopic (exact) mass is 514 g/mol. The van der Waals surface area contributed by atoms with Gasteiger partial charge in [0.15, 0.2) is 0 Å². The SMILES string of the molecule is CCOC(=O)Cc1ccc(N2C(=O)C(=O)/C(=C(\O)c3ccc(OCC(C)C)cc3)C2c2cccnc2)cc1. The van der Waals surface area contributed by atoms with E-state index < -0.39 is 17.7 Å². The smallest absolute Gasteiger partial charge is 0.310 e. The average molecular weight is 515 g/mol. The van der Waals surface area contributed by atoms with Crippen LogP contribution < -0.4 is 9.64 Å². The Balaban J connectivity index is 1.72. The molecule has 2 aromatic carbocycles. The molecule has 0 saturated carbocycles. The Morgan fingerprint density at radius 3 is 2.37 bits per heavy atom. The van der Waals surface area contributed by atoms with Crippen LogP contribution in [0.2, 0.25) is 0 Å². The van der Waals surface area contributed by atoms with E-state index in [1.165, 1.54) is 4.90 Å². The van der Waals surface area contributed by atoms with Gasteiger partial charge in [-0.1, -0.05) is 32.0 Å². The number of aromatic nitrogens is 1. The van der Waals surface area contributed by atoms with Gasteiger partial charge < -0.3 is 14.6 Å². The first-order chi connectivity index (χ1) is 18.3. The highest BCUT2D eigenvalue weighted by atomic mass is 16.5. The molecule has 38 heavy (non-hydrogen) atoms. The van der Waals surface area contributed by atoms with Crippen LogP contribution >= 0.6 is 0 Å². The number of carbonyl (C=O) groups is 3. The van der Waals surface area contributed by atoms with E-state index in [0.717, 1.165) is 0 Å². The van der Waals surface area contributed by atoms with Crippen LogP contribution in [-0.2, 0) is 25.5 Å². The van der Waals surface area contributed by atoms with Gasteiger partial charge in [-0.05, 0) is 66.4 Å². The number of amides is 1. The number of hydrogen-bond donors (Lipinski definition) is 1. The molecule has 1 N–H and O–H groups in total. The average Bonchev–Trinajstić information content (AvgIpc) is 3.18. The maximum absolute atomic E-state index is 13.3. The predicted octanol–water partition coefficient (Wildman–Crippen LogP) is 4.85. The summed E-state index contributed by atoms with van der Waals surface area (Å²) in [6, 6.07) is 16.1. The number of rotatable bonds is 9. The quantitative estimate of drug-likeness (QED) is 0.188. The van der Waals surface area contributed by atoms with Gasteiger partial charge >= 0.3 is 5.97 Å². The molecule has 1 aliphatic heterocycles. The van der Waals surface area contributed by atoms with Gasteiger partial charge in [-0.25, -0.2) is 0 Å². The first-order valence-electron chi connectivity index (χ1n) is 12.5. The van der Waals surface area contributed by atoms with Crippen molar-refractivity contribution in [1.29, 1.82) is 0 Å². The molecule has 0 spiro atoms. The predicted molar refractivity (Wildman–Crippen MR) is 143 cm³/mol. The summed E-state index contributed by atoms with van der Waals surface area (Å²) in [5.41, 5.74) is 2.08. The molecule has 1 saturated heterocycles. The molecule has 1 unspecified atom stereocenters. The molecule has 3 aromatic rings. The highest BCUT2D eigenvalue weighted by Gasteiger charge is 2.47. The lowest BCUT2D eigenvalue weighted by Gasteiger charge is -2.25. The number of ether oxygens (including phenoxy) is 2. The summed E-state index contributed by atoms with van der Waals surface area (Å²) in [5, 5.41) is 11.3. The molecule has 1 atom stereocenters. The van der Waals surface area contributed by atoms with Crippen molar-refractivity contribution < 1.29 is 29.0 Å². The molecule has 1 amide bonds. The fourth-order valence-electron chi connectivity index (χ4n) is 4.23. The molecule has 0 radical (unpaired) electrons. The highest BCUT2D eigenvalue weighted by molar-refractivity contribution is 6.51. The number of ketones is 1. The summed E-state index contributed by atoms with van der Waals surface area (Å²) >= 11 is 0. The summed E-state index contributed by atoms with van der Waals surface area (Å²) in [5.74, 6) is -1.20. The van der Waals surface area contributed by atoms with Crippen molar-refractivity contribution in [3.8, 4) is 5.75 Å². The van der Waals surface area contributed by atoms with Crippen molar-refractivity contribution in [2.75, 3.05) is 18.1 Å². The lowest BCUT2D eigenvalue weighted by molar-refractivity contribution is -0.142. The maximum Gasteiger partial charge on any atom is 0.310 e. The number of esters is 1. The standard InChI is InChI=1S/C30H30N2O6/c1-4-37-25(33)16-20-7-11-23(12-8-20)32-27(22-6-5-15-31-17-22)26(29(35)30(32)36)28(34)21-9-13-24(14-10-21)38-18-19(2)3/h5-15,17,19,27,34H,4,16,18H2,1-3H3/b28-26-. The fourth-order valence-corrected chi connectivity index (χ4v) is 4.23. The Morgan fingerprint density at radius 2 is 1.76 bits per heavy atom. The van der Waals surface area contributed by atoms with E-state index in [9.17, 15) is 19.5 Å². The maximum atomic E-state index is 13.3. The zero-order chi connectivity index (χ0) is 27.2. The first kappa shape index (κ1) is 26.6. The summed E-state index contributed by atoms with van der Waals surface area (Å²) in [6.07, 6.45) is 3.25. The van der Waals surface area contributed by atoms with E-state index in [1.807, 2.05) is 13.8 Å². The van der Waals surface area contributed by atoms with E-state index in [2.05, 4.69) is 4.98 Å². The molecule has 1 aromatic heterocycles. The highest BCUT2D eigenvalue weighted by Crippen LogP contribution is 2.42. The molecule has 8 heteroatoms. The number of Topliss-reactive ketones (excluding diaryl/α,β-unsaturated/α-hetero) is 1. The Hall–Kier alpha value is -4.46. The van der Waals surface area contributed by atoms with Crippen LogP contribution in [0.5, 0.6) is 5.75 Å². The third-order valence-electron chi connectivity index (χ3n) is 6.02. The largest absolute Gasteiger partial charge is 0.507 e. The van der Waals surface area contributed by atoms with Crippen LogP contribution in [0.15, 0.2) is 78.6 Å². The van der Waals surface area contributed by atoms with Gasteiger partial charge in [0.05, 0.1) is 31.2 Å². The summed E-state index contributed by atoms with van der Waals surface area (Å²) < 4.78 is 10.7. The van der Waals surface area contributed by atoms with Gasteiger partial charge in [-0.15, -0.1) is 0 Å². The molecule has 1 fully saturated rings. The Kier molecular flexibility index (Phi) is 8.21. The minimum absolute atomic E-state index is 0.0329. The molecular formula is C30H30N2O6. The molecule has 4 rings (SSSR count). The number of nitrogens with zero attached hydrogens (tertiary/aromatic N) is 2. The van der Waals surface area contributed by atoms with E-state index in [-0.39, 0.29) is 23.7 Å². The third-order valence-corrected chi connectivity index (χ3v) is 6.02. The number of aliphatic hydroxyl groups is 1. The number of aliphatic hydroxyl groups excluding tert-OH is 1. The molecule has 196 valence electrons. The lowest BCUT2D eigenvalue weighted by atomic mass is 9.96. The van der Waals surface area contributed by atoms with Crippen LogP contribution in [-0.4, -0.2) is 41.0 Å². The van der Waals surface area contributed by atoms with Gasteiger partial charge in [0.1, 0.15) is 11.5 Å². The van der Waals surface area contributed by atoms with Crippen molar-refractivity contribution in [2.45, 2.75) is 33.2 Å². The van der Waals surface area contributed by atoms with Crippen molar-refractivity contribution in [3.63, 3.8) is 0 Å². The number of pyridine rings is 1. The van der Waals surface area contributed by atoms with Crippen LogP contribution in [0.1, 0.15) is 43.5 Å². The summed E-state index contributed by atoms with van der Waals surface area (Å²) in [7, 11) is 0. The van der Waals surface area contributed by atoms with E-state index >= 15 is 0 Å². The normalized spacial score (nSPS) is 16.6.